The molecule has 106 valence electrons. The highest BCUT2D eigenvalue weighted by Crippen LogP contribution is 2.31. The molecule has 0 spiro atoms. The van der Waals surface area contributed by atoms with Crippen LogP contribution in [-0.2, 0) is 4.74 Å². The molecular weight excluding hydrogens is 238 g/mol. The smallest absolute Gasteiger partial charge is 0.123 e. The van der Waals surface area contributed by atoms with Crippen molar-refractivity contribution in [2.24, 2.45) is 0 Å². The molecular formula is C16H25NO2. The quantitative estimate of drug-likeness (QED) is 0.843. The lowest BCUT2D eigenvalue weighted by atomic mass is 9.99. The zero-order chi connectivity index (χ0) is 14.0. The Kier molecular flexibility index (Phi) is 4.35. The van der Waals surface area contributed by atoms with Crippen molar-refractivity contribution in [2.75, 3.05) is 12.3 Å². The highest BCUT2D eigenvalue weighted by molar-refractivity contribution is 5.55. The third-order valence-electron chi connectivity index (χ3n) is 3.77. The van der Waals surface area contributed by atoms with Crippen molar-refractivity contribution >= 4 is 5.69 Å². The fourth-order valence-electron chi connectivity index (χ4n) is 2.48. The van der Waals surface area contributed by atoms with E-state index in [-0.39, 0.29) is 6.10 Å². The highest BCUT2D eigenvalue weighted by atomic mass is 16.5. The minimum Gasteiger partial charge on any atom is -0.491 e. The number of ether oxygens (including phenoxy) is 2. The van der Waals surface area contributed by atoms with Gasteiger partial charge in [-0.3, -0.25) is 0 Å². The summed E-state index contributed by atoms with van der Waals surface area (Å²) in [5, 5.41) is 0. The van der Waals surface area contributed by atoms with Gasteiger partial charge in [-0.15, -0.1) is 0 Å². The summed E-state index contributed by atoms with van der Waals surface area (Å²) in [7, 11) is 0. The van der Waals surface area contributed by atoms with E-state index < -0.39 is 0 Å². The van der Waals surface area contributed by atoms with Gasteiger partial charge in [-0.25, -0.2) is 0 Å². The van der Waals surface area contributed by atoms with Gasteiger partial charge >= 0.3 is 0 Å². The average Bonchev–Trinajstić information content (AvgIpc) is 2.76. The Morgan fingerprint density at radius 1 is 1.37 bits per heavy atom. The van der Waals surface area contributed by atoms with Crippen molar-refractivity contribution in [3.8, 4) is 5.75 Å². The summed E-state index contributed by atoms with van der Waals surface area (Å²) in [6.07, 6.45) is 2.82. The first-order chi connectivity index (χ1) is 8.97. The average molecular weight is 263 g/mol. The molecule has 1 fully saturated rings. The van der Waals surface area contributed by atoms with Gasteiger partial charge in [0.1, 0.15) is 12.4 Å². The highest BCUT2D eigenvalue weighted by Gasteiger charge is 2.22. The molecule has 0 bridgehead atoms. The zero-order valence-corrected chi connectivity index (χ0v) is 12.4. The third kappa shape index (κ3) is 3.41. The van der Waals surface area contributed by atoms with Crippen LogP contribution in [0.25, 0.3) is 0 Å². The van der Waals surface area contributed by atoms with E-state index in [0.29, 0.717) is 18.6 Å². The maximum absolute atomic E-state index is 5.99. The van der Waals surface area contributed by atoms with Crippen LogP contribution in [0, 0.1) is 6.92 Å². The van der Waals surface area contributed by atoms with Crippen LogP contribution in [0.4, 0.5) is 5.69 Å². The monoisotopic (exact) mass is 263 g/mol. The van der Waals surface area contributed by atoms with Crippen LogP contribution < -0.4 is 10.5 Å². The van der Waals surface area contributed by atoms with Crippen LogP contribution in [0.2, 0.25) is 0 Å². The first-order valence-electron chi connectivity index (χ1n) is 7.15. The Balaban J connectivity index is 2.08. The number of nitrogen functional groups attached to an aromatic ring is 1. The summed E-state index contributed by atoms with van der Waals surface area (Å²) in [5.41, 5.74) is 9.06. The predicted octanol–water partition coefficient (Wildman–Crippen LogP) is 3.65. The lowest BCUT2D eigenvalue weighted by molar-refractivity contribution is 0.0262. The molecule has 2 atom stereocenters. The summed E-state index contributed by atoms with van der Waals surface area (Å²) < 4.78 is 11.8. The number of hydrogen-bond donors (Lipinski definition) is 1. The molecule has 19 heavy (non-hydrogen) atoms. The lowest BCUT2D eigenvalue weighted by Crippen LogP contribution is -2.18. The third-order valence-corrected chi connectivity index (χ3v) is 3.77. The minimum atomic E-state index is 0.230. The minimum absolute atomic E-state index is 0.230. The van der Waals surface area contributed by atoms with E-state index in [1.807, 2.05) is 19.1 Å². The van der Waals surface area contributed by atoms with Gasteiger partial charge in [0.2, 0.25) is 0 Å². The summed E-state index contributed by atoms with van der Waals surface area (Å²) >= 11 is 0. The molecule has 0 aromatic heterocycles. The molecule has 3 heteroatoms. The molecule has 1 saturated heterocycles. The van der Waals surface area contributed by atoms with E-state index in [1.54, 1.807) is 0 Å². The Bertz CT molecular complexity index is 443. The Morgan fingerprint density at radius 3 is 2.68 bits per heavy atom. The first kappa shape index (κ1) is 14.2. The molecule has 0 aliphatic carbocycles. The number of aryl methyl sites for hydroxylation is 1. The van der Waals surface area contributed by atoms with Crippen LogP contribution in [0.3, 0.4) is 0 Å². The van der Waals surface area contributed by atoms with Crippen molar-refractivity contribution < 1.29 is 9.47 Å². The standard InChI is InChI=1S/C16H25NO2/c1-10(2)14-8-15(17)11(3)7-16(14)18-9-13-6-5-12(4)19-13/h7-8,10,12-13H,5-6,9,17H2,1-4H3. The molecule has 1 heterocycles. The Labute approximate surface area is 116 Å². The number of benzene rings is 1. The molecule has 1 aromatic rings. The van der Waals surface area contributed by atoms with Crippen molar-refractivity contribution in [2.45, 2.75) is 58.7 Å². The second-order valence-electron chi connectivity index (χ2n) is 5.86. The fraction of sp³-hybridized carbons (Fsp3) is 0.625. The molecule has 2 rings (SSSR count). The fourth-order valence-corrected chi connectivity index (χ4v) is 2.48. The van der Waals surface area contributed by atoms with Gasteiger partial charge in [0.05, 0.1) is 12.2 Å². The maximum Gasteiger partial charge on any atom is 0.123 e. The topological polar surface area (TPSA) is 44.5 Å². The predicted molar refractivity (Wildman–Crippen MR) is 78.7 cm³/mol. The van der Waals surface area contributed by atoms with Gasteiger partial charge in [-0.05, 0) is 55.9 Å². The van der Waals surface area contributed by atoms with Crippen LogP contribution >= 0.6 is 0 Å². The second-order valence-corrected chi connectivity index (χ2v) is 5.86. The van der Waals surface area contributed by atoms with Crippen molar-refractivity contribution in [3.63, 3.8) is 0 Å². The van der Waals surface area contributed by atoms with Gasteiger partial charge in [0.25, 0.3) is 0 Å². The van der Waals surface area contributed by atoms with E-state index in [0.717, 1.165) is 29.8 Å². The molecule has 1 aromatic carbocycles. The van der Waals surface area contributed by atoms with Crippen LogP contribution in [0.1, 0.15) is 50.7 Å². The lowest BCUT2D eigenvalue weighted by Gasteiger charge is -2.18. The zero-order valence-electron chi connectivity index (χ0n) is 12.4. The van der Waals surface area contributed by atoms with Crippen molar-refractivity contribution in [1.82, 2.24) is 0 Å². The Morgan fingerprint density at radius 2 is 2.11 bits per heavy atom. The molecule has 1 aliphatic rings. The number of anilines is 1. The van der Waals surface area contributed by atoms with E-state index in [1.165, 1.54) is 5.56 Å². The normalized spacial score (nSPS) is 23.0. The number of hydrogen-bond acceptors (Lipinski definition) is 3. The van der Waals surface area contributed by atoms with Crippen molar-refractivity contribution in [1.29, 1.82) is 0 Å². The van der Waals surface area contributed by atoms with Crippen LogP contribution in [0.15, 0.2) is 12.1 Å². The summed E-state index contributed by atoms with van der Waals surface area (Å²) in [5.74, 6) is 1.35. The van der Waals surface area contributed by atoms with E-state index >= 15 is 0 Å². The van der Waals surface area contributed by atoms with E-state index in [2.05, 4.69) is 20.8 Å². The van der Waals surface area contributed by atoms with Gasteiger partial charge in [-0.1, -0.05) is 13.8 Å². The second kappa shape index (κ2) is 5.83. The van der Waals surface area contributed by atoms with Gasteiger partial charge < -0.3 is 15.2 Å². The first-order valence-corrected chi connectivity index (χ1v) is 7.15. The van der Waals surface area contributed by atoms with E-state index in [9.17, 15) is 0 Å². The largest absolute Gasteiger partial charge is 0.491 e. The Hall–Kier alpha value is -1.22. The molecule has 2 unspecified atom stereocenters. The van der Waals surface area contributed by atoms with Crippen LogP contribution in [0.5, 0.6) is 5.75 Å². The van der Waals surface area contributed by atoms with Crippen molar-refractivity contribution in [3.05, 3.63) is 23.3 Å². The van der Waals surface area contributed by atoms with Gasteiger partial charge in [0, 0.05) is 5.69 Å². The maximum atomic E-state index is 5.99. The molecule has 0 amide bonds. The number of rotatable bonds is 4. The SMILES string of the molecule is Cc1cc(OCC2CCC(C)O2)c(C(C)C)cc1N. The van der Waals surface area contributed by atoms with E-state index in [4.69, 9.17) is 15.2 Å². The summed E-state index contributed by atoms with van der Waals surface area (Å²) in [6.45, 7) is 9.08. The van der Waals surface area contributed by atoms with Gasteiger partial charge in [0.15, 0.2) is 0 Å². The summed E-state index contributed by atoms with van der Waals surface area (Å²) in [4.78, 5) is 0. The molecule has 3 nitrogen and oxygen atoms in total. The molecule has 2 N–H and O–H groups in total. The molecule has 0 saturated carbocycles. The van der Waals surface area contributed by atoms with Crippen LogP contribution in [-0.4, -0.2) is 18.8 Å². The van der Waals surface area contributed by atoms with Gasteiger partial charge in [-0.2, -0.15) is 0 Å². The number of nitrogens with two attached hydrogens (primary N) is 1. The molecule has 0 radical (unpaired) electrons. The molecule has 1 aliphatic heterocycles. The summed E-state index contributed by atoms with van der Waals surface area (Å²) in [6, 6.07) is 4.08.